The molecule has 2 fully saturated rings. The van der Waals surface area contributed by atoms with E-state index in [1.807, 2.05) is 0 Å². The monoisotopic (exact) mass is 297 g/mol. The summed E-state index contributed by atoms with van der Waals surface area (Å²) >= 11 is 0. The van der Waals surface area contributed by atoms with Gasteiger partial charge in [-0.2, -0.15) is 0 Å². The molecule has 0 bridgehead atoms. The van der Waals surface area contributed by atoms with Crippen molar-refractivity contribution in [3.63, 3.8) is 0 Å². The van der Waals surface area contributed by atoms with Crippen LogP contribution in [0.4, 0.5) is 13.2 Å². The fourth-order valence-electron chi connectivity index (χ4n) is 3.83. The quantitative estimate of drug-likeness (QED) is 0.828. The third-order valence-electron chi connectivity index (χ3n) is 5.04. The molecule has 0 saturated carbocycles. The molecule has 2 saturated heterocycles. The molecule has 0 aliphatic carbocycles. The van der Waals surface area contributed by atoms with Gasteiger partial charge in [-0.3, -0.25) is 4.79 Å². The Kier molecular flexibility index (Phi) is 3.46. The van der Waals surface area contributed by atoms with Crippen molar-refractivity contribution < 1.29 is 18.0 Å². The van der Waals surface area contributed by atoms with Crippen molar-refractivity contribution in [3.8, 4) is 0 Å². The van der Waals surface area contributed by atoms with Crippen molar-refractivity contribution in [2.24, 2.45) is 5.41 Å². The Morgan fingerprint density at radius 1 is 1.38 bits per heavy atom. The van der Waals surface area contributed by atoms with E-state index in [1.54, 1.807) is 24.0 Å². The number of nitrogens with zero attached hydrogens (tertiary/aromatic N) is 1. The molecular formula is C16H18F3NO. The van der Waals surface area contributed by atoms with Crippen LogP contribution in [0.5, 0.6) is 0 Å². The zero-order chi connectivity index (χ0) is 15.2. The fraction of sp³-hybridized carbons (Fsp3) is 0.562. The smallest absolute Gasteiger partial charge is 0.252 e. The van der Waals surface area contributed by atoms with Crippen molar-refractivity contribution in [3.05, 3.63) is 35.6 Å². The van der Waals surface area contributed by atoms with Crippen molar-refractivity contribution in [1.29, 1.82) is 0 Å². The van der Waals surface area contributed by atoms with Gasteiger partial charge in [0.25, 0.3) is 6.43 Å². The van der Waals surface area contributed by atoms with E-state index < -0.39 is 17.7 Å². The summed E-state index contributed by atoms with van der Waals surface area (Å²) in [7, 11) is 0. The minimum absolute atomic E-state index is 0.139. The lowest BCUT2D eigenvalue weighted by atomic mass is 9.81. The van der Waals surface area contributed by atoms with Crippen LogP contribution in [0, 0.1) is 11.2 Å². The zero-order valence-electron chi connectivity index (χ0n) is 11.9. The summed E-state index contributed by atoms with van der Waals surface area (Å²) in [4.78, 5) is 14.2. The molecule has 1 unspecified atom stereocenters. The zero-order valence-corrected chi connectivity index (χ0v) is 11.9. The van der Waals surface area contributed by atoms with E-state index in [0.717, 1.165) is 0 Å². The molecule has 114 valence electrons. The third kappa shape index (κ3) is 2.05. The van der Waals surface area contributed by atoms with Crippen LogP contribution in [0.3, 0.4) is 0 Å². The lowest BCUT2D eigenvalue weighted by Gasteiger charge is -2.29. The lowest BCUT2D eigenvalue weighted by molar-refractivity contribution is -0.146. The molecule has 1 amide bonds. The number of benzene rings is 1. The summed E-state index contributed by atoms with van der Waals surface area (Å²) in [5, 5.41) is 0. The number of alkyl halides is 2. The van der Waals surface area contributed by atoms with Gasteiger partial charge in [0.05, 0.1) is 6.04 Å². The van der Waals surface area contributed by atoms with Crippen LogP contribution in [-0.4, -0.2) is 23.3 Å². The molecule has 2 aliphatic rings. The van der Waals surface area contributed by atoms with E-state index in [4.69, 9.17) is 0 Å². The normalized spacial score (nSPS) is 32.0. The van der Waals surface area contributed by atoms with Gasteiger partial charge in [-0.1, -0.05) is 19.1 Å². The molecule has 1 aromatic carbocycles. The second-order valence-electron chi connectivity index (χ2n) is 6.03. The first kappa shape index (κ1) is 14.4. The van der Waals surface area contributed by atoms with Gasteiger partial charge in [-0.05, 0) is 43.4 Å². The number of hydrogen-bond acceptors (Lipinski definition) is 1. The predicted molar refractivity (Wildman–Crippen MR) is 72.4 cm³/mol. The summed E-state index contributed by atoms with van der Waals surface area (Å²) in [6.45, 7) is 1.64. The molecule has 5 heteroatoms. The molecule has 0 radical (unpaired) electrons. The molecule has 0 aromatic heterocycles. The number of amides is 1. The summed E-state index contributed by atoms with van der Waals surface area (Å²) in [6, 6.07) is 5.69. The third-order valence-corrected chi connectivity index (χ3v) is 5.04. The van der Waals surface area contributed by atoms with Crippen molar-refractivity contribution in [2.45, 2.75) is 51.1 Å². The van der Waals surface area contributed by atoms with E-state index in [-0.39, 0.29) is 30.7 Å². The minimum atomic E-state index is -2.64. The summed E-state index contributed by atoms with van der Waals surface area (Å²) in [5.74, 6) is -0.824. The molecule has 2 nitrogen and oxygen atoms in total. The standard InChI is InChI=1S/C16H18F3NO/c1-2-16(14(18)19)9-12-6-7-13(20(12)15(16)21)10-4-3-5-11(17)8-10/h3-5,8,12-14H,2,6-7,9H2,1H3/t12-,13-,16?/m1/s1. The number of fused-ring (bicyclic) bond motifs is 1. The number of carbonyl (C=O) groups excluding carboxylic acids is 1. The first-order chi connectivity index (χ1) is 9.99. The average Bonchev–Trinajstić information content (AvgIpc) is 2.98. The summed E-state index contributed by atoms with van der Waals surface area (Å²) < 4.78 is 40.3. The molecule has 21 heavy (non-hydrogen) atoms. The topological polar surface area (TPSA) is 20.3 Å². The van der Waals surface area contributed by atoms with Gasteiger partial charge in [0.1, 0.15) is 11.2 Å². The number of halogens is 3. The highest BCUT2D eigenvalue weighted by Gasteiger charge is 2.59. The second kappa shape index (κ2) is 5.04. The molecule has 0 N–H and O–H groups in total. The van der Waals surface area contributed by atoms with E-state index >= 15 is 0 Å². The van der Waals surface area contributed by atoms with Crippen LogP contribution in [0.1, 0.15) is 44.2 Å². The Labute approximate surface area is 121 Å². The fourth-order valence-corrected chi connectivity index (χ4v) is 3.83. The highest BCUT2D eigenvalue weighted by Crippen LogP contribution is 2.52. The molecule has 0 spiro atoms. The molecule has 1 aromatic rings. The Morgan fingerprint density at radius 3 is 2.76 bits per heavy atom. The Balaban J connectivity index is 1.94. The molecule has 3 rings (SSSR count). The van der Waals surface area contributed by atoms with Crippen LogP contribution in [0.25, 0.3) is 0 Å². The van der Waals surface area contributed by atoms with Gasteiger partial charge in [0.15, 0.2) is 0 Å². The van der Waals surface area contributed by atoms with Crippen LogP contribution in [0.15, 0.2) is 24.3 Å². The molecule has 2 aliphatic heterocycles. The molecule has 3 atom stereocenters. The van der Waals surface area contributed by atoms with Crippen LogP contribution >= 0.6 is 0 Å². The second-order valence-corrected chi connectivity index (χ2v) is 6.03. The first-order valence-electron chi connectivity index (χ1n) is 7.36. The Bertz CT molecular complexity index is 562. The molecular weight excluding hydrogens is 279 g/mol. The van der Waals surface area contributed by atoms with Gasteiger partial charge >= 0.3 is 0 Å². The van der Waals surface area contributed by atoms with Crippen molar-refractivity contribution in [1.82, 2.24) is 4.90 Å². The van der Waals surface area contributed by atoms with Crippen LogP contribution in [0.2, 0.25) is 0 Å². The largest absolute Gasteiger partial charge is 0.332 e. The Morgan fingerprint density at radius 2 is 2.14 bits per heavy atom. The van der Waals surface area contributed by atoms with Crippen molar-refractivity contribution >= 4 is 5.91 Å². The van der Waals surface area contributed by atoms with Gasteiger partial charge < -0.3 is 4.90 Å². The Hall–Kier alpha value is -1.52. The van der Waals surface area contributed by atoms with Crippen LogP contribution < -0.4 is 0 Å². The van der Waals surface area contributed by atoms with E-state index in [9.17, 15) is 18.0 Å². The number of carbonyl (C=O) groups is 1. The highest BCUT2D eigenvalue weighted by atomic mass is 19.3. The summed E-state index contributed by atoms with van der Waals surface area (Å²) in [5.41, 5.74) is -0.844. The first-order valence-corrected chi connectivity index (χ1v) is 7.36. The average molecular weight is 297 g/mol. The minimum Gasteiger partial charge on any atom is -0.332 e. The van der Waals surface area contributed by atoms with Gasteiger partial charge in [-0.25, -0.2) is 13.2 Å². The van der Waals surface area contributed by atoms with Gasteiger partial charge in [-0.15, -0.1) is 0 Å². The van der Waals surface area contributed by atoms with Gasteiger partial charge in [0, 0.05) is 6.04 Å². The van der Waals surface area contributed by atoms with Crippen LogP contribution in [-0.2, 0) is 4.79 Å². The van der Waals surface area contributed by atoms with E-state index in [0.29, 0.717) is 18.4 Å². The van der Waals surface area contributed by atoms with Gasteiger partial charge in [0.2, 0.25) is 5.91 Å². The molecule has 2 heterocycles. The SMILES string of the molecule is CCC1(C(F)F)C[C@H]2CC[C@H](c3cccc(F)c3)N2C1=O. The van der Waals surface area contributed by atoms with E-state index in [2.05, 4.69) is 0 Å². The summed E-state index contributed by atoms with van der Waals surface area (Å²) in [6.07, 6.45) is -0.864. The maximum atomic E-state index is 13.4. The number of hydrogen-bond donors (Lipinski definition) is 0. The van der Waals surface area contributed by atoms with E-state index in [1.165, 1.54) is 12.1 Å². The predicted octanol–water partition coefficient (Wildman–Crippen LogP) is 3.92. The highest BCUT2D eigenvalue weighted by molar-refractivity contribution is 5.86. The number of rotatable bonds is 3. The maximum Gasteiger partial charge on any atom is 0.252 e. The maximum absolute atomic E-state index is 13.4. The van der Waals surface area contributed by atoms with Crippen molar-refractivity contribution in [2.75, 3.05) is 0 Å². The lowest BCUT2D eigenvalue weighted by Crippen LogP contribution is -2.40.